The van der Waals surface area contributed by atoms with Gasteiger partial charge in [-0.2, -0.15) is 0 Å². The minimum absolute atomic E-state index is 0.000880. The summed E-state index contributed by atoms with van der Waals surface area (Å²) in [5, 5.41) is 7.87. The molecule has 6 heteroatoms. The van der Waals surface area contributed by atoms with Gasteiger partial charge in [-0.1, -0.05) is 6.07 Å². The first-order valence-corrected chi connectivity index (χ1v) is 6.18. The number of hydrogen-bond donors (Lipinski definition) is 1. The van der Waals surface area contributed by atoms with E-state index in [0.29, 0.717) is 24.3 Å². The molecule has 0 bridgehead atoms. The Morgan fingerprint density at radius 3 is 3.05 bits per heavy atom. The van der Waals surface area contributed by atoms with Crippen molar-refractivity contribution < 1.29 is 4.79 Å². The first-order valence-electron chi connectivity index (χ1n) is 6.18. The van der Waals surface area contributed by atoms with Crippen LogP contribution in [-0.4, -0.2) is 32.1 Å². The molecule has 0 aliphatic carbocycles. The number of nitrogen functional groups attached to an aromatic ring is 1. The number of amides is 1. The first-order chi connectivity index (χ1) is 9.16. The van der Waals surface area contributed by atoms with Crippen molar-refractivity contribution in [1.29, 1.82) is 0 Å². The highest BCUT2D eigenvalue weighted by atomic mass is 16.2. The van der Waals surface area contributed by atoms with Crippen LogP contribution in [0.5, 0.6) is 0 Å². The Bertz CT molecular complexity index is 634. The van der Waals surface area contributed by atoms with E-state index in [0.717, 1.165) is 17.9 Å². The van der Waals surface area contributed by atoms with Gasteiger partial charge >= 0.3 is 0 Å². The Morgan fingerprint density at radius 1 is 1.37 bits per heavy atom. The van der Waals surface area contributed by atoms with Gasteiger partial charge in [0.25, 0.3) is 5.91 Å². The maximum absolute atomic E-state index is 12.5. The molecule has 0 unspecified atom stereocenters. The Balaban J connectivity index is 1.88. The van der Waals surface area contributed by atoms with Gasteiger partial charge in [0.05, 0.1) is 6.54 Å². The number of carbonyl (C=O) groups excluding carboxylic acids is 1. The van der Waals surface area contributed by atoms with Crippen LogP contribution in [0, 0.1) is 6.92 Å². The Labute approximate surface area is 110 Å². The van der Waals surface area contributed by atoms with Crippen LogP contribution in [0.15, 0.2) is 24.5 Å². The minimum atomic E-state index is -0.000880. The second kappa shape index (κ2) is 4.38. The van der Waals surface area contributed by atoms with E-state index >= 15 is 0 Å². The number of fused-ring (bicyclic) bond motifs is 1. The molecule has 2 heterocycles. The summed E-state index contributed by atoms with van der Waals surface area (Å²) < 4.78 is 1.97. The van der Waals surface area contributed by atoms with Crippen LogP contribution in [0.3, 0.4) is 0 Å². The zero-order valence-electron chi connectivity index (χ0n) is 10.7. The molecule has 1 aliphatic rings. The number of rotatable bonds is 1. The molecule has 0 atom stereocenters. The predicted molar refractivity (Wildman–Crippen MR) is 70.4 cm³/mol. The summed E-state index contributed by atoms with van der Waals surface area (Å²) in [5.74, 6) is 0.820. The van der Waals surface area contributed by atoms with E-state index in [1.54, 1.807) is 17.3 Å². The average molecular weight is 257 g/mol. The molecule has 0 saturated heterocycles. The second-order valence-corrected chi connectivity index (χ2v) is 4.69. The molecular weight excluding hydrogens is 242 g/mol. The molecule has 0 fully saturated rings. The van der Waals surface area contributed by atoms with Gasteiger partial charge in [0, 0.05) is 24.3 Å². The zero-order chi connectivity index (χ0) is 13.4. The van der Waals surface area contributed by atoms with E-state index in [1.807, 2.05) is 23.6 Å². The molecule has 6 nitrogen and oxygen atoms in total. The Morgan fingerprint density at radius 2 is 2.21 bits per heavy atom. The predicted octanol–water partition coefficient (Wildman–Crippen LogP) is 0.825. The van der Waals surface area contributed by atoms with Gasteiger partial charge in [-0.15, -0.1) is 10.2 Å². The van der Waals surface area contributed by atoms with Crippen molar-refractivity contribution in [1.82, 2.24) is 19.7 Å². The van der Waals surface area contributed by atoms with E-state index in [1.165, 1.54) is 0 Å². The van der Waals surface area contributed by atoms with Crippen LogP contribution in [0.4, 0.5) is 5.69 Å². The summed E-state index contributed by atoms with van der Waals surface area (Å²) in [5.41, 5.74) is 7.99. The molecule has 1 aromatic heterocycles. The van der Waals surface area contributed by atoms with Crippen LogP contribution >= 0.6 is 0 Å². The van der Waals surface area contributed by atoms with Gasteiger partial charge < -0.3 is 15.2 Å². The van der Waals surface area contributed by atoms with E-state index < -0.39 is 0 Å². The molecule has 1 aromatic carbocycles. The maximum Gasteiger partial charge on any atom is 0.254 e. The van der Waals surface area contributed by atoms with E-state index in [-0.39, 0.29) is 5.91 Å². The third-order valence-corrected chi connectivity index (χ3v) is 3.53. The highest BCUT2D eigenvalue weighted by molar-refractivity contribution is 5.96. The fourth-order valence-electron chi connectivity index (χ4n) is 2.30. The van der Waals surface area contributed by atoms with Gasteiger partial charge in [0.15, 0.2) is 5.82 Å². The molecule has 3 rings (SSSR count). The summed E-state index contributed by atoms with van der Waals surface area (Å²) in [6.45, 7) is 3.76. The Kier molecular flexibility index (Phi) is 2.70. The fourth-order valence-corrected chi connectivity index (χ4v) is 2.30. The zero-order valence-corrected chi connectivity index (χ0v) is 10.7. The van der Waals surface area contributed by atoms with Crippen molar-refractivity contribution in [3.63, 3.8) is 0 Å². The summed E-state index contributed by atoms with van der Waals surface area (Å²) in [4.78, 5) is 14.3. The molecule has 2 N–H and O–H groups in total. The quantitative estimate of drug-likeness (QED) is 0.767. The number of nitrogens with two attached hydrogens (primary N) is 1. The summed E-state index contributed by atoms with van der Waals surface area (Å²) in [6, 6.07) is 5.42. The monoisotopic (exact) mass is 257 g/mol. The lowest BCUT2D eigenvalue weighted by molar-refractivity contribution is 0.0707. The van der Waals surface area contributed by atoms with Gasteiger partial charge in [0.1, 0.15) is 6.33 Å². The largest absolute Gasteiger partial charge is 0.398 e. The molecule has 98 valence electrons. The van der Waals surface area contributed by atoms with Gasteiger partial charge in [-0.3, -0.25) is 4.79 Å². The minimum Gasteiger partial charge on any atom is -0.398 e. The lowest BCUT2D eigenvalue weighted by Crippen LogP contribution is -2.38. The molecular formula is C13H15N5O. The molecule has 0 saturated carbocycles. The van der Waals surface area contributed by atoms with E-state index in [4.69, 9.17) is 5.73 Å². The number of hydrogen-bond acceptors (Lipinski definition) is 4. The van der Waals surface area contributed by atoms with Crippen molar-refractivity contribution >= 4 is 11.6 Å². The third kappa shape index (κ3) is 1.95. The Hall–Kier alpha value is -2.37. The fraction of sp³-hybridized carbons (Fsp3) is 0.308. The second-order valence-electron chi connectivity index (χ2n) is 4.69. The number of carbonyl (C=O) groups is 1. The van der Waals surface area contributed by atoms with Crippen molar-refractivity contribution in [3.05, 3.63) is 41.5 Å². The molecule has 2 aromatic rings. The molecule has 1 amide bonds. The number of benzene rings is 1. The lowest BCUT2D eigenvalue weighted by Gasteiger charge is -2.27. The highest BCUT2D eigenvalue weighted by Gasteiger charge is 2.24. The highest BCUT2D eigenvalue weighted by Crippen LogP contribution is 2.19. The SMILES string of the molecule is Cc1c(N)cccc1C(=O)N1CCn2cnnc2C1. The van der Waals surface area contributed by atoms with Gasteiger partial charge in [0.2, 0.25) is 0 Å². The average Bonchev–Trinajstić information content (AvgIpc) is 2.88. The first kappa shape index (κ1) is 11.7. The van der Waals surface area contributed by atoms with Crippen molar-refractivity contribution in [2.45, 2.75) is 20.0 Å². The smallest absolute Gasteiger partial charge is 0.254 e. The molecule has 1 aliphatic heterocycles. The maximum atomic E-state index is 12.5. The summed E-state index contributed by atoms with van der Waals surface area (Å²) in [6.07, 6.45) is 1.70. The van der Waals surface area contributed by atoms with Gasteiger partial charge in [-0.25, -0.2) is 0 Å². The lowest BCUT2D eigenvalue weighted by atomic mass is 10.1. The third-order valence-electron chi connectivity index (χ3n) is 3.53. The van der Waals surface area contributed by atoms with E-state index in [2.05, 4.69) is 10.2 Å². The van der Waals surface area contributed by atoms with Crippen LogP contribution in [-0.2, 0) is 13.1 Å². The number of anilines is 1. The van der Waals surface area contributed by atoms with Crippen LogP contribution in [0.2, 0.25) is 0 Å². The van der Waals surface area contributed by atoms with Crippen LogP contribution < -0.4 is 5.73 Å². The number of aromatic nitrogens is 3. The van der Waals surface area contributed by atoms with Crippen molar-refractivity contribution in [2.24, 2.45) is 0 Å². The molecule has 0 spiro atoms. The van der Waals surface area contributed by atoms with Crippen molar-refractivity contribution in [2.75, 3.05) is 12.3 Å². The van der Waals surface area contributed by atoms with Crippen LogP contribution in [0.1, 0.15) is 21.7 Å². The molecule has 0 radical (unpaired) electrons. The summed E-state index contributed by atoms with van der Waals surface area (Å²) >= 11 is 0. The van der Waals surface area contributed by atoms with Crippen LogP contribution in [0.25, 0.3) is 0 Å². The number of nitrogens with zero attached hydrogens (tertiary/aromatic N) is 4. The standard InChI is InChI=1S/C13H15N5O/c1-9-10(3-2-4-11(9)14)13(19)17-5-6-18-8-15-16-12(18)7-17/h2-4,8H,5-7,14H2,1H3. The van der Waals surface area contributed by atoms with Gasteiger partial charge in [-0.05, 0) is 24.6 Å². The molecule has 19 heavy (non-hydrogen) atoms. The summed E-state index contributed by atoms with van der Waals surface area (Å²) in [7, 11) is 0. The van der Waals surface area contributed by atoms with E-state index in [9.17, 15) is 4.79 Å². The normalized spacial score (nSPS) is 14.3. The topological polar surface area (TPSA) is 77.0 Å². The van der Waals surface area contributed by atoms with Crippen molar-refractivity contribution in [3.8, 4) is 0 Å².